The lowest BCUT2D eigenvalue weighted by atomic mass is 10.2. The molecule has 1 aliphatic rings. The molecule has 0 spiro atoms. The van der Waals surface area contributed by atoms with E-state index in [9.17, 15) is 4.39 Å². The third kappa shape index (κ3) is 2.09. The molecule has 0 bridgehead atoms. The molecule has 1 aliphatic heterocycles. The third-order valence-corrected chi connectivity index (χ3v) is 3.06. The van der Waals surface area contributed by atoms with Crippen molar-refractivity contribution in [2.24, 2.45) is 0 Å². The van der Waals surface area contributed by atoms with Crippen LogP contribution in [0, 0.1) is 5.82 Å². The minimum Gasteiger partial charge on any atom is -0.489 e. The van der Waals surface area contributed by atoms with E-state index >= 15 is 0 Å². The van der Waals surface area contributed by atoms with Crippen LogP contribution in [0.4, 0.5) is 10.1 Å². The van der Waals surface area contributed by atoms with Crippen LogP contribution in [-0.2, 0) is 0 Å². The SMILES string of the molecule is CCOc1c(Cl)ccc(N2CCCC2)c1F. The minimum absolute atomic E-state index is 0.175. The van der Waals surface area contributed by atoms with E-state index in [1.165, 1.54) is 0 Å². The fraction of sp³-hybridized carbons (Fsp3) is 0.500. The monoisotopic (exact) mass is 243 g/mol. The zero-order valence-corrected chi connectivity index (χ0v) is 10.1. The number of halogens is 2. The second-order valence-corrected chi connectivity index (χ2v) is 4.24. The van der Waals surface area contributed by atoms with E-state index in [1.54, 1.807) is 12.1 Å². The van der Waals surface area contributed by atoms with Gasteiger partial charge in [0.1, 0.15) is 0 Å². The Kier molecular flexibility index (Phi) is 3.54. The zero-order valence-electron chi connectivity index (χ0n) is 9.30. The normalized spacial score (nSPS) is 15.6. The Hall–Kier alpha value is -0.960. The van der Waals surface area contributed by atoms with Crippen LogP contribution in [0.2, 0.25) is 5.02 Å². The summed E-state index contributed by atoms with van der Waals surface area (Å²) < 4.78 is 19.4. The molecule has 16 heavy (non-hydrogen) atoms. The molecule has 0 amide bonds. The molecular formula is C12H15ClFNO. The average molecular weight is 244 g/mol. The van der Waals surface area contributed by atoms with Gasteiger partial charge in [-0.2, -0.15) is 0 Å². The molecule has 1 aromatic rings. The molecule has 1 heterocycles. The van der Waals surface area contributed by atoms with E-state index in [4.69, 9.17) is 16.3 Å². The van der Waals surface area contributed by atoms with Crippen LogP contribution in [-0.4, -0.2) is 19.7 Å². The summed E-state index contributed by atoms with van der Waals surface area (Å²) in [5, 5.41) is 0.335. The maximum atomic E-state index is 14.1. The quantitative estimate of drug-likeness (QED) is 0.806. The molecule has 0 unspecified atom stereocenters. The summed E-state index contributed by atoms with van der Waals surface area (Å²) in [5.74, 6) is -0.162. The van der Waals surface area contributed by atoms with Gasteiger partial charge in [-0.05, 0) is 31.9 Å². The number of hydrogen-bond donors (Lipinski definition) is 0. The smallest absolute Gasteiger partial charge is 0.189 e. The molecule has 0 N–H and O–H groups in total. The maximum Gasteiger partial charge on any atom is 0.189 e. The van der Waals surface area contributed by atoms with Gasteiger partial charge < -0.3 is 9.64 Å². The topological polar surface area (TPSA) is 12.5 Å². The molecule has 1 aromatic carbocycles. The second-order valence-electron chi connectivity index (χ2n) is 3.84. The van der Waals surface area contributed by atoms with Gasteiger partial charge in [0.25, 0.3) is 0 Å². The first kappa shape index (κ1) is 11.5. The highest BCUT2D eigenvalue weighted by Gasteiger charge is 2.20. The van der Waals surface area contributed by atoms with Gasteiger partial charge in [0.2, 0.25) is 0 Å². The van der Waals surface area contributed by atoms with Crippen molar-refractivity contribution >= 4 is 17.3 Å². The van der Waals surface area contributed by atoms with Gasteiger partial charge >= 0.3 is 0 Å². The summed E-state index contributed by atoms with van der Waals surface area (Å²) in [7, 11) is 0. The fourth-order valence-electron chi connectivity index (χ4n) is 2.00. The van der Waals surface area contributed by atoms with Crippen molar-refractivity contribution in [2.45, 2.75) is 19.8 Å². The van der Waals surface area contributed by atoms with Crippen molar-refractivity contribution in [3.05, 3.63) is 23.0 Å². The Bertz CT molecular complexity index is 378. The Morgan fingerprint density at radius 3 is 2.69 bits per heavy atom. The van der Waals surface area contributed by atoms with Crippen molar-refractivity contribution < 1.29 is 9.13 Å². The van der Waals surface area contributed by atoms with Gasteiger partial charge in [0.15, 0.2) is 11.6 Å². The van der Waals surface area contributed by atoms with Crippen LogP contribution in [0.1, 0.15) is 19.8 Å². The Morgan fingerprint density at radius 1 is 1.38 bits per heavy atom. The molecule has 0 saturated carbocycles. The lowest BCUT2D eigenvalue weighted by Crippen LogP contribution is -2.19. The van der Waals surface area contributed by atoms with Crippen LogP contribution in [0.25, 0.3) is 0 Å². The molecule has 1 fully saturated rings. The first-order chi connectivity index (χ1) is 7.74. The summed E-state index contributed by atoms with van der Waals surface area (Å²) in [6.07, 6.45) is 2.23. The van der Waals surface area contributed by atoms with Crippen molar-refractivity contribution in [3.8, 4) is 5.75 Å². The van der Waals surface area contributed by atoms with Gasteiger partial charge in [-0.3, -0.25) is 0 Å². The maximum absolute atomic E-state index is 14.1. The molecule has 0 aromatic heterocycles. The van der Waals surface area contributed by atoms with E-state index in [1.807, 2.05) is 11.8 Å². The van der Waals surface area contributed by atoms with Gasteiger partial charge in [0.05, 0.1) is 17.3 Å². The summed E-state index contributed by atoms with van der Waals surface area (Å²) in [6.45, 7) is 4.05. The third-order valence-electron chi connectivity index (χ3n) is 2.76. The van der Waals surface area contributed by atoms with Gasteiger partial charge in [-0.1, -0.05) is 11.6 Å². The summed E-state index contributed by atoms with van der Waals surface area (Å²) in [6, 6.07) is 3.43. The van der Waals surface area contributed by atoms with E-state index in [-0.39, 0.29) is 11.6 Å². The van der Waals surface area contributed by atoms with Crippen molar-refractivity contribution in [2.75, 3.05) is 24.6 Å². The van der Waals surface area contributed by atoms with E-state index in [2.05, 4.69) is 0 Å². The number of nitrogens with zero attached hydrogens (tertiary/aromatic N) is 1. The predicted octanol–water partition coefficient (Wildman–Crippen LogP) is 3.48. The molecule has 2 rings (SSSR count). The standard InChI is InChI=1S/C12H15ClFNO/c1-2-16-12-9(13)5-6-10(11(12)14)15-7-3-4-8-15/h5-6H,2-4,7-8H2,1H3. The number of anilines is 1. The molecule has 0 atom stereocenters. The van der Waals surface area contributed by atoms with E-state index in [0.29, 0.717) is 17.3 Å². The Morgan fingerprint density at radius 2 is 2.06 bits per heavy atom. The van der Waals surface area contributed by atoms with Crippen LogP contribution in [0.15, 0.2) is 12.1 Å². The number of rotatable bonds is 3. The Balaban J connectivity index is 2.35. The van der Waals surface area contributed by atoms with Gasteiger partial charge in [-0.15, -0.1) is 0 Å². The van der Waals surface area contributed by atoms with Gasteiger partial charge in [-0.25, -0.2) is 4.39 Å². The molecule has 2 nitrogen and oxygen atoms in total. The number of hydrogen-bond acceptors (Lipinski definition) is 2. The van der Waals surface area contributed by atoms with Crippen molar-refractivity contribution in [1.29, 1.82) is 0 Å². The van der Waals surface area contributed by atoms with Crippen LogP contribution >= 0.6 is 11.6 Å². The molecule has 1 saturated heterocycles. The highest BCUT2D eigenvalue weighted by atomic mass is 35.5. The second kappa shape index (κ2) is 4.91. The highest BCUT2D eigenvalue weighted by Crippen LogP contribution is 2.35. The fourth-order valence-corrected chi connectivity index (χ4v) is 2.20. The molecule has 0 radical (unpaired) electrons. The van der Waals surface area contributed by atoms with Crippen molar-refractivity contribution in [1.82, 2.24) is 0 Å². The van der Waals surface area contributed by atoms with Crippen LogP contribution in [0.5, 0.6) is 5.75 Å². The summed E-state index contributed by atoms with van der Waals surface area (Å²) in [5.41, 5.74) is 0.602. The summed E-state index contributed by atoms with van der Waals surface area (Å²) >= 11 is 5.90. The first-order valence-electron chi connectivity index (χ1n) is 5.59. The minimum atomic E-state index is -0.337. The lowest BCUT2D eigenvalue weighted by molar-refractivity contribution is 0.322. The highest BCUT2D eigenvalue weighted by molar-refractivity contribution is 6.32. The van der Waals surface area contributed by atoms with Crippen LogP contribution in [0.3, 0.4) is 0 Å². The van der Waals surface area contributed by atoms with E-state index in [0.717, 1.165) is 25.9 Å². The Labute approximate surface area is 100.0 Å². The summed E-state index contributed by atoms with van der Waals surface area (Å²) in [4.78, 5) is 2.04. The molecule has 4 heteroatoms. The number of ether oxygens (including phenoxy) is 1. The van der Waals surface area contributed by atoms with E-state index < -0.39 is 0 Å². The predicted molar refractivity (Wildman–Crippen MR) is 64.0 cm³/mol. The lowest BCUT2D eigenvalue weighted by Gasteiger charge is -2.20. The van der Waals surface area contributed by atoms with Crippen molar-refractivity contribution in [3.63, 3.8) is 0 Å². The van der Waals surface area contributed by atoms with Crippen LogP contribution < -0.4 is 9.64 Å². The molecular weight excluding hydrogens is 229 g/mol. The average Bonchev–Trinajstić information content (AvgIpc) is 2.77. The van der Waals surface area contributed by atoms with Gasteiger partial charge in [0, 0.05) is 13.1 Å². The molecule has 0 aliphatic carbocycles. The molecule has 88 valence electrons. The number of benzene rings is 1. The zero-order chi connectivity index (χ0) is 11.5. The largest absolute Gasteiger partial charge is 0.489 e. The first-order valence-corrected chi connectivity index (χ1v) is 5.97.